The lowest BCUT2D eigenvalue weighted by atomic mass is 10.1. The van der Waals surface area contributed by atoms with Gasteiger partial charge in [-0.3, -0.25) is 4.90 Å². The van der Waals surface area contributed by atoms with Crippen molar-refractivity contribution in [3.63, 3.8) is 0 Å². The standard InChI is InChI=1S/C12H17N.C2H7N/c1-3-7-12(8-4-1)11-13-9-5-2-6-10-13;1-3-2/h1,3-4,7-8H,2,5-6,9-11H2;3H,1-2H3. The maximum absolute atomic E-state index is 2.75. The molecule has 1 heterocycles. The molecule has 0 aromatic heterocycles. The van der Waals surface area contributed by atoms with Crippen LogP contribution in [0, 0.1) is 0 Å². The van der Waals surface area contributed by atoms with E-state index in [9.17, 15) is 0 Å². The van der Waals surface area contributed by atoms with Crippen molar-refractivity contribution in [3.8, 4) is 0 Å². The predicted octanol–water partition coefficient (Wildman–Crippen LogP) is 2.51. The van der Waals surface area contributed by atoms with E-state index in [0.29, 0.717) is 0 Å². The summed E-state index contributed by atoms with van der Waals surface area (Å²) in [5, 5.41) is 2.75. The second kappa shape index (κ2) is 8.31. The molecule has 0 bridgehead atoms. The number of likely N-dealkylation sites (tertiary alicyclic amines) is 1. The molecule has 1 saturated heterocycles. The summed E-state index contributed by atoms with van der Waals surface area (Å²) in [4.78, 5) is 2.55. The number of hydrogen-bond acceptors (Lipinski definition) is 2. The van der Waals surface area contributed by atoms with Gasteiger partial charge in [-0.05, 0) is 45.6 Å². The summed E-state index contributed by atoms with van der Waals surface area (Å²) in [7, 11) is 3.75. The lowest BCUT2D eigenvalue weighted by Gasteiger charge is -2.26. The first-order valence-electron chi connectivity index (χ1n) is 6.21. The van der Waals surface area contributed by atoms with Crippen molar-refractivity contribution in [1.82, 2.24) is 10.2 Å². The SMILES string of the molecule is CNC.c1ccc(CN2CCCCC2)cc1. The fraction of sp³-hybridized carbons (Fsp3) is 0.571. The third-order valence-corrected chi connectivity index (χ3v) is 2.70. The van der Waals surface area contributed by atoms with Gasteiger partial charge >= 0.3 is 0 Å². The molecule has 90 valence electrons. The fourth-order valence-corrected chi connectivity index (χ4v) is 1.96. The molecule has 1 aromatic rings. The third kappa shape index (κ3) is 5.29. The highest BCUT2D eigenvalue weighted by molar-refractivity contribution is 5.14. The minimum Gasteiger partial charge on any atom is -0.323 e. The van der Waals surface area contributed by atoms with Gasteiger partial charge in [-0.15, -0.1) is 0 Å². The van der Waals surface area contributed by atoms with E-state index in [1.807, 2.05) is 14.1 Å². The number of piperidine rings is 1. The van der Waals surface area contributed by atoms with Crippen LogP contribution >= 0.6 is 0 Å². The fourth-order valence-electron chi connectivity index (χ4n) is 1.96. The van der Waals surface area contributed by atoms with E-state index in [1.165, 1.54) is 37.9 Å². The van der Waals surface area contributed by atoms with Crippen LogP contribution < -0.4 is 5.32 Å². The van der Waals surface area contributed by atoms with Gasteiger partial charge in [0.05, 0.1) is 0 Å². The number of nitrogens with zero attached hydrogens (tertiary/aromatic N) is 1. The van der Waals surface area contributed by atoms with Crippen molar-refractivity contribution in [2.45, 2.75) is 25.8 Å². The van der Waals surface area contributed by atoms with Crippen LogP contribution in [0.3, 0.4) is 0 Å². The molecule has 1 fully saturated rings. The summed E-state index contributed by atoms with van der Waals surface area (Å²) >= 11 is 0. The van der Waals surface area contributed by atoms with Crippen molar-refractivity contribution in [2.24, 2.45) is 0 Å². The Morgan fingerprint density at radius 3 is 2.12 bits per heavy atom. The van der Waals surface area contributed by atoms with E-state index in [0.717, 1.165) is 6.54 Å². The van der Waals surface area contributed by atoms with Crippen LogP contribution in [0.5, 0.6) is 0 Å². The number of hydrogen-bond donors (Lipinski definition) is 1. The first-order valence-corrected chi connectivity index (χ1v) is 6.21. The molecule has 1 N–H and O–H groups in total. The monoisotopic (exact) mass is 220 g/mol. The van der Waals surface area contributed by atoms with Crippen molar-refractivity contribution >= 4 is 0 Å². The van der Waals surface area contributed by atoms with Gasteiger partial charge in [-0.1, -0.05) is 36.8 Å². The van der Waals surface area contributed by atoms with E-state index >= 15 is 0 Å². The van der Waals surface area contributed by atoms with Gasteiger partial charge in [0, 0.05) is 6.54 Å². The van der Waals surface area contributed by atoms with Gasteiger partial charge < -0.3 is 5.32 Å². The Labute approximate surface area is 99.7 Å². The molecule has 0 unspecified atom stereocenters. The average Bonchev–Trinajstić information content (AvgIpc) is 2.33. The van der Waals surface area contributed by atoms with Crippen molar-refractivity contribution in [1.29, 1.82) is 0 Å². The van der Waals surface area contributed by atoms with E-state index in [2.05, 4.69) is 40.5 Å². The molecule has 1 aliphatic heterocycles. The lowest BCUT2D eigenvalue weighted by molar-refractivity contribution is 0.221. The van der Waals surface area contributed by atoms with E-state index in [-0.39, 0.29) is 0 Å². The first-order chi connectivity index (χ1) is 7.86. The maximum Gasteiger partial charge on any atom is 0.0233 e. The molecule has 2 nitrogen and oxygen atoms in total. The van der Waals surface area contributed by atoms with Crippen molar-refractivity contribution in [3.05, 3.63) is 35.9 Å². The largest absolute Gasteiger partial charge is 0.323 e. The predicted molar refractivity (Wildman–Crippen MR) is 70.6 cm³/mol. The molecule has 16 heavy (non-hydrogen) atoms. The van der Waals surface area contributed by atoms with E-state index < -0.39 is 0 Å². The molecule has 0 amide bonds. The van der Waals surface area contributed by atoms with Gasteiger partial charge in [0.25, 0.3) is 0 Å². The summed E-state index contributed by atoms with van der Waals surface area (Å²) in [5.74, 6) is 0. The number of nitrogens with one attached hydrogen (secondary N) is 1. The van der Waals surface area contributed by atoms with E-state index in [4.69, 9.17) is 0 Å². The van der Waals surface area contributed by atoms with Crippen LogP contribution in [-0.4, -0.2) is 32.1 Å². The van der Waals surface area contributed by atoms with Crippen molar-refractivity contribution < 1.29 is 0 Å². The van der Waals surface area contributed by atoms with Gasteiger partial charge in [0.2, 0.25) is 0 Å². The van der Waals surface area contributed by atoms with Crippen LogP contribution in [-0.2, 0) is 6.54 Å². The second-order valence-corrected chi connectivity index (χ2v) is 4.32. The quantitative estimate of drug-likeness (QED) is 0.824. The van der Waals surface area contributed by atoms with Crippen LogP contribution in [0.4, 0.5) is 0 Å². The zero-order chi connectivity index (χ0) is 11.6. The Morgan fingerprint density at radius 2 is 1.56 bits per heavy atom. The highest BCUT2D eigenvalue weighted by atomic mass is 15.1. The summed E-state index contributed by atoms with van der Waals surface area (Å²) in [6.07, 6.45) is 4.19. The minimum absolute atomic E-state index is 1.14. The molecule has 0 atom stereocenters. The minimum atomic E-state index is 1.14. The summed E-state index contributed by atoms with van der Waals surface area (Å²) in [6, 6.07) is 10.8. The highest BCUT2D eigenvalue weighted by Gasteiger charge is 2.09. The van der Waals surface area contributed by atoms with Gasteiger partial charge in [0.1, 0.15) is 0 Å². The molecule has 2 heteroatoms. The average molecular weight is 220 g/mol. The Bertz CT molecular complexity index is 253. The maximum atomic E-state index is 2.75. The summed E-state index contributed by atoms with van der Waals surface area (Å²) in [6.45, 7) is 3.71. The van der Waals surface area contributed by atoms with Crippen molar-refractivity contribution in [2.75, 3.05) is 27.2 Å². The Hall–Kier alpha value is -0.860. The molecule has 2 rings (SSSR count). The molecular weight excluding hydrogens is 196 g/mol. The van der Waals surface area contributed by atoms with Gasteiger partial charge in [0.15, 0.2) is 0 Å². The zero-order valence-corrected chi connectivity index (χ0v) is 10.6. The van der Waals surface area contributed by atoms with Crippen LogP contribution in [0.15, 0.2) is 30.3 Å². The molecule has 1 aromatic carbocycles. The lowest BCUT2D eigenvalue weighted by Crippen LogP contribution is -2.28. The summed E-state index contributed by atoms with van der Waals surface area (Å²) < 4.78 is 0. The van der Waals surface area contributed by atoms with Crippen LogP contribution in [0.1, 0.15) is 24.8 Å². The van der Waals surface area contributed by atoms with Gasteiger partial charge in [-0.2, -0.15) is 0 Å². The first kappa shape index (κ1) is 13.2. The normalized spacial score (nSPS) is 16.4. The molecule has 0 saturated carbocycles. The number of rotatable bonds is 2. The van der Waals surface area contributed by atoms with Crippen LogP contribution in [0.2, 0.25) is 0 Å². The molecule has 0 aliphatic carbocycles. The Balaban J connectivity index is 0.000000386. The Morgan fingerprint density at radius 1 is 1.00 bits per heavy atom. The topological polar surface area (TPSA) is 15.3 Å². The molecule has 0 spiro atoms. The zero-order valence-electron chi connectivity index (χ0n) is 10.6. The second-order valence-electron chi connectivity index (χ2n) is 4.32. The molecule has 1 aliphatic rings. The third-order valence-electron chi connectivity index (χ3n) is 2.70. The summed E-state index contributed by atoms with van der Waals surface area (Å²) in [5.41, 5.74) is 1.45. The number of benzene rings is 1. The van der Waals surface area contributed by atoms with Crippen LogP contribution in [0.25, 0.3) is 0 Å². The highest BCUT2D eigenvalue weighted by Crippen LogP contribution is 2.12. The van der Waals surface area contributed by atoms with Gasteiger partial charge in [-0.25, -0.2) is 0 Å². The Kier molecular flexibility index (Phi) is 6.86. The smallest absolute Gasteiger partial charge is 0.0233 e. The molecule has 0 radical (unpaired) electrons. The van der Waals surface area contributed by atoms with E-state index in [1.54, 1.807) is 0 Å². The molecular formula is C14H24N2.